The third-order valence-corrected chi connectivity index (χ3v) is 3.72. The fraction of sp³-hybridized carbons (Fsp3) is 0.368. The SMILES string of the molecule is CC(C)[NH2+]CCCC(O)c1ccccc1-c1ccccc1.[Cl-]. The smallest absolute Gasteiger partial charge is 0.0802 e. The summed E-state index contributed by atoms with van der Waals surface area (Å²) in [7, 11) is 0. The fourth-order valence-electron chi connectivity index (χ4n) is 2.59. The van der Waals surface area contributed by atoms with Crippen LogP contribution in [0.3, 0.4) is 0 Å². The van der Waals surface area contributed by atoms with Gasteiger partial charge in [0.2, 0.25) is 0 Å². The zero-order valence-corrected chi connectivity index (χ0v) is 14.1. The maximum absolute atomic E-state index is 10.5. The van der Waals surface area contributed by atoms with E-state index in [0.29, 0.717) is 6.04 Å². The number of rotatable bonds is 7. The highest BCUT2D eigenvalue weighted by Gasteiger charge is 2.13. The first kappa shape index (κ1) is 18.7. The van der Waals surface area contributed by atoms with Gasteiger partial charge in [-0.25, -0.2) is 0 Å². The number of benzene rings is 2. The molecule has 1 unspecified atom stereocenters. The molecule has 3 N–H and O–H groups in total. The minimum Gasteiger partial charge on any atom is -1.00 e. The van der Waals surface area contributed by atoms with Crippen LogP contribution in [-0.2, 0) is 0 Å². The summed E-state index contributed by atoms with van der Waals surface area (Å²) >= 11 is 0. The number of halogens is 1. The molecule has 0 saturated heterocycles. The molecule has 1 atom stereocenters. The average Bonchev–Trinajstić information content (AvgIpc) is 2.52. The van der Waals surface area contributed by atoms with Crippen molar-refractivity contribution in [3.05, 3.63) is 60.2 Å². The quantitative estimate of drug-likeness (QED) is 0.700. The Kier molecular flexibility index (Phi) is 8.18. The van der Waals surface area contributed by atoms with Crippen LogP contribution in [0.15, 0.2) is 54.6 Å². The summed E-state index contributed by atoms with van der Waals surface area (Å²) in [5, 5.41) is 12.8. The Hall–Kier alpha value is -1.35. The fourth-order valence-corrected chi connectivity index (χ4v) is 2.59. The van der Waals surface area contributed by atoms with Gasteiger partial charge in [-0.3, -0.25) is 0 Å². The van der Waals surface area contributed by atoms with Gasteiger partial charge < -0.3 is 22.8 Å². The van der Waals surface area contributed by atoms with E-state index in [1.165, 1.54) is 5.56 Å². The van der Waals surface area contributed by atoms with Crippen molar-refractivity contribution in [2.75, 3.05) is 6.54 Å². The van der Waals surface area contributed by atoms with Gasteiger partial charge in [0.1, 0.15) is 0 Å². The number of aliphatic hydroxyl groups is 1. The second-order valence-electron chi connectivity index (χ2n) is 5.88. The molecule has 0 aliphatic heterocycles. The lowest BCUT2D eigenvalue weighted by molar-refractivity contribution is -0.683. The summed E-state index contributed by atoms with van der Waals surface area (Å²) in [6, 6.07) is 19.1. The molecule has 3 heteroatoms. The second-order valence-corrected chi connectivity index (χ2v) is 5.88. The predicted molar refractivity (Wildman–Crippen MR) is 88.0 cm³/mol. The Balaban J connectivity index is 0.00000242. The summed E-state index contributed by atoms with van der Waals surface area (Å²) < 4.78 is 0. The zero-order valence-electron chi connectivity index (χ0n) is 13.4. The molecule has 0 aliphatic carbocycles. The van der Waals surface area contributed by atoms with Crippen molar-refractivity contribution in [1.82, 2.24) is 0 Å². The monoisotopic (exact) mass is 319 g/mol. The van der Waals surface area contributed by atoms with E-state index in [2.05, 4.69) is 37.4 Å². The van der Waals surface area contributed by atoms with Crippen molar-refractivity contribution in [2.24, 2.45) is 0 Å². The van der Waals surface area contributed by atoms with Crippen LogP contribution < -0.4 is 17.7 Å². The van der Waals surface area contributed by atoms with Crippen molar-refractivity contribution >= 4 is 0 Å². The van der Waals surface area contributed by atoms with Gasteiger partial charge in [0.15, 0.2) is 0 Å². The van der Waals surface area contributed by atoms with Crippen LogP contribution in [0.4, 0.5) is 0 Å². The first-order valence-electron chi connectivity index (χ1n) is 7.84. The summed E-state index contributed by atoms with van der Waals surface area (Å²) in [5.41, 5.74) is 3.34. The van der Waals surface area contributed by atoms with E-state index in [1.807, 2.05) is 36.4 Å². The number of nitrogens with two attached hydrogens (primary N) is 1. The van der Waals surface area contributed by atoms with Gasteiger partial charge in [0.05, 0.1) is 18.7 Å². The van der Waals surface area contributed by atoms with Crippen molar-refractivity contribution in [1.29, 1.82) is 0 Å². The molecular weight excluding hydrogens is 294 g/mol. The molecule has 0 bridgehead atoms. The second kappa shape index (κ2) is 9.62. The highest BCUT2D eigenvalue weighted by Crippen LogP contribution is 2.29. The molecule has 2 aromatic rings. The molecule has 22 heavy (non-hydrogen) atoms. The van der Waals surface area contributed by atoms with Crippen molar-refractivity contribution in [3.63, 3.8) is 0 Å². The predicted octanol–water partition coefficient (Wildman–Crippen LogP) is 0.143. The van der Waals surface area contributed by atoms with E-state index in [-0.39, 0.29) is 18.5 Å². The van der Waals surface area contributed by atoms with Gasteiger partial charge in [-0.05, 0) is 43.4 Å². The van der Waals surface area contributed by atoms with Crippen molar-refractivity contribution in [2.45, 2.75) is 38.8 Å². The Morgan fingerprint density at radius 3 is 2.27 bits per heavy atom. The third-order valence-electron chi connectivity index (χ3n) is 3.72. The molecular formula is C19H26ClNO. The molecule has 0 aliphatic rings. The maximum Gasteiger partial charge on any atom is 0.0802 e. The molecule has 0 aromatic heterocycles. The van der Waals surface area contributed by atoms with Crippen molar-refractivity contribution in [3.8, 4) is 11.1 Å². The molecule has 0 saturated carbocycles. The average molecular weight is 320 g/mol. The number of aliphatic hydroxyl groups excluding tert-OH is 1. The Labute approximate surface area is 140 Å². The van der Waals surface area contributed by atoms with E-state index in [1.54, 1.807) is 0 Å². The lowest BCUT2D eigenvalue weighted by atomic mass is 9.94. The van der Waals surface area contributed by atoms with Gasteiger partial charge in [-0.2, -0.15) is 0 Å². The molecule has 0 radical (unpaired) electrons. The van der Waals surface area contributed by atoms with Crippen LogP contribution >= 0.6 is 0 Å². The highest BCUT2D eigenvalue weighted by atomic mass is 35.5. The number of hydrogen-bond donors (Lipinski definition) is 2. The van der Waals surface area contributed by atoms with Crippen LogP contribution in [-0.4, -0.2) is 17.7 Å². The Bertz CT molecular complexity index is 542. The molecule has 0 fully saturated rings. The van der Waals surface area contributed by atoms with Crippen LogP contribution in [0.1, 0.15) is 38.4 Å². The summed E-state index contributed by atoms with van der Waals surface area (Å²) in [6.45, 7) is 5.46. The first-order chi connectivity index (χ1) is 10.2. The van der Waals surface area contributed by atoms with E-state index in [0.717, 1.165) is 30.5 Å². The van der Waals surface area contributed by atoms with Crippen molar-refractivity contribution < 1.29 is 22.8 Å². The van der Waals surface area contributed by atoms with E-state index in [9.17, 15) is 5.11 Å². The lowest BCUT2D eigenvalue weighted by Gasteiger charge is -2.16. The topological polar surface area (TPSA) is 36.8 Å². The van der Waals surface area contributed by atoms with Crippen LogP contribution in [0, 0.1) is 0 Å². The molecule has 2 nitrogen and oxygen atoms in total. The Morgan fingerprint density at radius 2 is 1.59 bits per heavy atom. The van der Waals surface area contributed by atoms with Crippen LogP contribution in [0.25, 0.3) is 11.1 Å². The maximum atomic E-state index is 10.5. The van der Waals surface area contributed by atoms with Gasteiger partial charge in [-0.15, -0.1) is 0 Å². The summed E-state index contributed by atoms with van der Waals surface area (Å²) in [6.07, 6.45) is 1.46. The standard InChI is InChI=1S/C19H25NO.ClH/c1-15(2)20-14-8-13-19(21)18-12-7-6-11-17(18)16-9-4-3-5-10-16;/h3-7,9-12,15,19-21H,8,13-14H2,1-2H3;1H. The van der Waals surface area contributed by atoms with E-state index in [4.69, 9.17) is 0 Å². The third kappa shape index (κ3) is 5.45. The van der Waals surface area contributed by atoms with Crippen LogP contribution in [0.2, 0.25) is 0 Å². The molecule has 0 heterocycles. The molecule has 0 spiro atoms. The zero-order chi connectivity index (χ0) is 15.1. The molecule has 0 amide bonds. The lowest BCUT2D eigenvalue weighted by Crippen LogP contribution is -3.00. The van der Waals surface area contributed by atoms with E-state index < -0.39 is 0 Å². The Morgan fingerprint density at radius 1 is 0.955 bits per heavy atom. The molecule has 120 valence electrons. The van der Waals surface area contributed by atoms with E-state index >= 15 is 0 Å². The largest absolute Gasteiger partial charge is 1.00 e. The highest BCUT2D eigenvalue weighted by molar-refractivity contribution is 5.67. The van der Waals surface area contributed by atoms with Gasteiger partial charge in [0, 0.05) is 0 Å². The minimum atomic E-state index is -0.387. The number of hydrogen-bond acceptors (Lipinski definition) is 1. The summed E-state index contributed by atoms with van der Waals surface area (Å²) in [4.78, 5) is 0. The minimum absolute atomic E-state index is 0. The molecule has 2 rings (SSSR count). The van der Waals surface area contributed by atoms with Gasteiger partial charge >= 0.3 is 0 Å². The molecule has 2 aromatic carbocycles. The normalized spacial score (nSPS) is 12.0. The summed E-state index contributed by atoms with van der Waals surface area (Å²) in [5.74, 6) is 0. The number of quaternary nitrogens is 1. The van der Waals surface area contributed by atoms with Crippen LogP contribution in [0.5, 0.6) is 0 Å². The first-order valence-corrected chi connectivity index (χ1v) is 7.84. The van der Waals surface area contributed by atoms with Gasteiger partial charge in [0.25, 0.3) is 0 Å². The van der Waals surface area contributed by atoms with Gasteiger partial charge in [-0.1, -0.05) is 54.6 Å².